The zero-order valence-electron chi connectivity index (χ0n) is 7.62. The second-order valence-corrected chi connectivity index (χ2v) is 2.68. The van der Waals surface area contributed by atoms with Crippen LogP contribution in [0.5, 0.6) is 0 Å². The number of rotatable bonds is 5. The second-order valence-electron chi connectivity index (χ2n) is 2.68. The number of hydrogen-bond acceptors (Lipinski definition) is 5. The van der Waals surface area contributed by atoms with Gasteiger partial charge in [0.25, 0.3) is 5.09 Å². The number of carbonyl (C=O) groups is 1. The average molecular weight is 212 g/mol. The van der Waals surface area contributed by atoms with Crippen LogP contribution in [-0.4, -0.2) is 21.1 Å². The van der Waals surface area contributed by atoms with Gasteiger partial charge in [-0.25, -0.2) is 0 Å². The van der Waals surface area contributed by atoms with Crippen LogP contribution in [0.1, 0.15) is 11.3 Å². The smallest absolute Gasteiger partial charge is 0.309 e. The summed E-state index contributed by atoms with van der Waals surface area (Å²) in [4.78, 5) is 28.3. The lowest BCUT2D eigenvalue weighted by Gasteiger charge is -2.04. The largest absolute Gasteiger partial charge is 0.481 e. The summed E-state index contributed by atoms with van der Waals surface area (Å²) in [6, 6.07) is 3.10. The molecule has 15 heavy (non-hydrogen) atoms. The maximum Gasteiger partial charge on any atom is 0.309 e. The zero-order chi connectivity index (χ0) is 11.3. The van der Waals surface area contributed by atoms with Gasteiger partial charge in [0.1, 0.15) is 6.61 Å². The van der Waals surface area contributed by atoms with Crippen LogP contribution in [-0.2, 0) is 22.7 Å². The maximum absolute atomic E-state index is 10.4. The highest BCUT2D eigenvalue weighted by molar-refractivity contribution is 5.69. The predicted octanol–water partition coefficient (Wildman–Crippen LogP) is 0.417. The minimum atomic E-state index is -1.05. The van der Waals surface area contributed by atoms with Crippen LogP contribution < -0.4 is 0 Å². The van der Waals surface area contributed by atoms with Crippen LogP contribution in [0.15, 0.2) is 18.3 Å². The van der Waals surface area contributed by atoms with Gasteiger partial charge in [-0.05, 0) is 11.6 Å². The average Bonchev–Trinajstić information content (AvgIpc) is 2.15. The van der Waals surface area contributed by atoms with Crippen molar-refractivity contribution >= 4 is 5.97 Å². The third-order valence-corrected chi connectivity index (χ3v) is 1.63. The summed E-state index contributed by atoms with van der Waals surface area (Å²) in [5.74, 6) is -1.05. The van der Waals surface area contributed by atoms with E-state index >= 15 is 0 Å². The van der Waals surface area contributed by atoms with Gasteiger partial charge < -0.3 is 9.94 Å². The third-order valence-electron chi connectivity index (χ3n) is 1.63. The second kappa shape index (κ2) is 4.89. The van der Waals surface area contributed by atoms with Gasteiger partial charge in [0, 0.05) is 6.20 Å². The molecule has 0 spiro atoms. The summed E-state index contributed by atoms with van der Waals surface area (Å²) in [5, 5.41) is 17.6. The Morgan fingerprint density at radius 3 is 3.00 bits per heavy atom. The van der Waals surface area contributed by atoms with E-state index in [0.29, 0.717) is 5.56 Å². The summed E-state index contributed by atoms with van der Waals surface area (Å²) in [7, 11) is 0. The van der Waals surface area contributed by atoms with Crippen LogP contribution in [0.3, 0.4) is 0 Å². The van der Waals surface area contributed by atoms with Crippen molar-refractivity contribution in [3.8, 4) is 0 Å². The van der Waals surface area contributed by atoms with Crippen LogP contribution >= 0.6 is 0 Å². The van der Waals surface area contributed by atoms with Gasteiger partial charge in [-0.2, -0.15) is 0 Å². The predicted molar refractivity (Wildman–Crippen MR) is 47.4 cm³/mol. The Labute approximate surface area is 84.4 Å². The molecule has 1 N–H and O–H groups in total. The Morgan fingerprint density at radius 1 is 1.67 bits per heavy atom. The molecule has 0 aliphatic rings. The number of nitrogens with zero attached hydrogens (tertiary/aromatic N) is 2. The van der Waals surface area contributed by atoms with Crippen molar-refractivity contribution in [1.82, 2.24) is 4.98 Å². The Morgan fingerprint density at radius 2 is 2.40 bits per heavy atom. The first kappa shape index (κ1) is 10.9. The molecule has 0 saturated heterocycles. The van der Waals surface area contributed by atoms with Crippen molar-refractivity contribution in [2.24, 2.45) is 0 Å². The Hall–Kier alpha value is -2.18. The highest BCUT2D eigenvalue weighted by Gasteiger charge is 2.08. The fourth-order valence-corrected chi connectivity index (χ4v) is 1.03. The first-order valence-corrected chi connectivity index (χ1v) is 4.01. The molecular formula is C8H8N2O5. The molecule has 1 aromatic heterocycles. The minimum absolute atomic E-state index is 0.270. The topological polar surface area (TPSA) is 103 Å². The Kier molecular flexibility index (Phi) is 3.55. The molecular weight excluding hydrogens is 204 g/mol. The van der Waals surface area contributed by atoms with E-state index in [1.807, 2.05) is 0 Å². The molecule has 0 unspecified atom stereocenters. The summed E-state index contributed by atoms with van der Waals surface area (Å²) < 4.78 is 0. The van der Waals surface area contributed by atoms with E-state index in [1.165, 1.54) is 12.3 Å². The third kappa shape index (κ3) is 3.59. The molecule has 1 heterocycles. The summed E-state index contributed by atoms with van der Waals surface area (Å²) >= 11 is 0. The fraction of sp³-hybridized carbons (Fsp3) is 0.250. The van der Waals surface area contributed by atoms with E-state index in [-0.39, 0.29) is 18.7 Å². The zero-order valence-corrected chi connectivity index (χ0v) is 7.62. The van der Waals surface area contributed by atoms with Crippen molar-refractivity contribution in [2.75, 3.05) is 0 Å². The number of aliphatic carboxylic acids is 1. The first-order valence-electron chi connectivity index (χ1n) is 4.01. The lowest BCUT2D eigenvalue weighted by atomic mass is 10.1. The van der Waals surface area contributed by atoms with E-state index in [1.54, 1.807) is 6.07 Å². The van der Waals surface area contributed by atoms with E-state index in [0.717, 1.165) is 0 Å². The molecule has 0 atom stereocenters. The molecule has 7 nitrogen and oxygen atoms in total. The van der Waals surface area contributed by atoms with Crippen molar-refractivity contribution in [3.63, 3.8) is 0 Å². The number of pyridine rings is 1. The molecule has 0 saturated carbocycles. The van der Waals surface area contributed by atoms with Crippen molar-refractivity contribution < 1.29 is 19.8 Å². The van der Waals surface area contributed by atoms with Gasteiger partial charge in [0.15, 0.2) is 0 Å². The van der Waals surface area contributed by atoms with Gasteiger partial charge in [-0.1, -0.05) is 6.07 Å². The Balaban J connectivity index is 2.76. The lowest BCUT2D eigenvalue weighted by Crippen LogP contribution is -2.08. The van der Waals surface area contributed by atoms with Gasteiger partial charge in [0.2, 0.25) is 0 Å². The highest BCUT2D eigenvalue weighted by atomic mass is 16.9. The number of carboxylic acid groups (broad SMARTS) is 1. The maximum atomic E-state index is 10.4. The summed E-state index contributed by atoms with van der Waals surface area (Å²) in [5.41, 5.74) is 0.670. The monoisotopic (exact) mass is 212 g/mol. The molecule has 0 amide bonds. The van der Waals surface area contributed by atoms with E-state index in [4.69, 9.17) is 5.11 Å². The molecule has 1 rings (SSSR count). The molecule has 1 aromatic rings. The first-order chi connectivity index (χ1) is 7.09. The highest BCUT2D eigenvalue weighted by Crippen LogP contribution is 2.07. The van der Waals surface area contributed by atoms with Crippen LogP contribution in [0.4, 0.5) is 0 Å². The molecule has 80 valence electrons. The fourth-order valence-electron chi connectivity index (χ4n) is 1.03. The number of hydrogen-bond donors (Lipinski definition) is 1. The molecule has 0 radical (unpaired) electrons. The summed E-state index contributed by atoms with van der Waals surface area (Å²) in [6.07, 6.45) is 1.14. The molecule has 0 aliphatic carbocycles. The van der Waals surface area contributed by atoms with Crippen LogP contribution in [0, 0.1) is 10.1 Å². The van der Waals surface area contributed by atoms with Gasteiger partial charge in [0.05, 0.1) is 12.1 Å². The van der Waals surface area contributed by atoms with Gasteiger partial charge in [-0.3, -0.25) is 9.78 Å². The van der Waals surface area contributed by atoms with Crippen LogP contribution in [0.25, 0.3) is 0 Å². The van der Waals surface area contributed by atoms with Crippen molar-refractivity contribution in [2.45, 2.75) is 13.0 Å². The standard InChI is InChI=1S/C8H8N2O5/c11-8(12)4-7-6(2-1-3-9-7)5-15-10(13)14/h1-3H,4-5H2,(H,11,12). The van der Waals surface area contributed by atoms with E-state index in [2.05, 4.69) is 9.82 Å². The van der Waals surface area contributed by atoms with Crippen molar-refractivity contribution in [1.29, 1.82) is 0 Å². The number of aromatic nitrogens is 1. The quantitative estimate of drug-likeness (QED) is 0.560. The molecule has 0 aromatic carbocycles. The van der Waals surface area contributed by atoms with E-state index < -0.39 is 11.1 Å². The number of carboxylic acids is 1. The summed E-state index contributed by atoms with van der Waals surface area (Å²) in [6.45, 7) is -0.288. The molecule has 0 fully saturated rings. The molecule has 0 bridgehead atoms. The normalized spacial score (nSPS) is 9.60. The van der Waals surface area contributed by atoms with Crippen molar-refractivity contribution in [3.05, 3.63) is 39.7 Å². The van der Waals surface area contributed by atoms with Gasteiger partial charge >= 0.3 is 5.97 Å². The molecule has 7 heteroatoms. The lowest BCUT2D eigenvalue weighted by molar-refractivity contribution is -0.763. The minimum Gasteiger partial charge on any atom is -0.481 e. The Bertz CT molecular complexity index is 379. The SMILES string of the molecule is O=C(O)Cc1ncccc1CO[N+](=O)[O-]. The molecule has 0 aliphatic heterocycles. The van der Waals surface area contributed by atoms with Crippen LogP contribution in [0.2, 0.25) is 0 Å². The van der Waals surface area contributed by atoms with Gasteiger partial charge in [-0.15, -0.1) is 10.1 Å². The van der Waals surface area contributed by atoms with E-state index in [9.17, 15) is 14.9 Å².